The first kappa shape index (κ1) is 25.3. The van der Waals surface area contributed by atoms with Crippen LogP contribution in [-0.2, 0) is 21.2 Å². The maximum absolute atomic E-state index is 12.4. The number of hydrogen-bond donors (Lipinski definition) is 2. The molecule has 1 aromatic carbocycles. The molecule has 0 bridgehead atoms. The van der Waals surface area contributed by atoms with Crippen molar-refractivity contribution < 1.29 is 17.7 Å². The minimum absolute atomic E-state index is 0.0260. The van der Waals surface area contributed by atoms with Gasteiger partial charge in [-0.25, -0.2) is 13.4 Å². The lowest BCUT2D eigenvalue weighted by Crippen LogP contribution is -2.14. The molecular formula is C23H25N5O4S2. The van der Waals surface area contributed by atoms with Crippen LogP contribution in [0.15, 0.2) is 56.9 Å². The molecule has 1 amide bonds. The zero-order valence-corrected chi connectivity index (χ0v) is 20.7. The second kappa shape index (κ2) is 11.2. The lowest BCUT2D eigenvalue weighted by Gasteiger charge is -2.09. The minimum atomic E-state index is -3.83. The molecule has 9 nitrogen and oxygen atoms in total. The summed E-state index contributed by atoms with van der Waals surface area (Å²) in [5.74, 6) is 1.25. The molecule has 0 fully saturated rings. The van der Waals surface area contributed by atoms with Gasteiger partial charge in [-0.05, 0) is 55.7 Å². The van der Waals surface area contributed by atoms with Crippen LogP contribution in [0.5, 0.6) is 0 Å². The van der Waals surface area contributed by atoms with Gasteiger partial charge in [0.15, 0.2) is 5.82 Å². The average molecular weight is 500 g/mol. The van der Waals surface area contributed by atoms with Crippen LogP contribution in [0.1, 0.15) is 37.3 Å². The number of thioether (sulfide) groups is 1. The SMILES string of the molecule is Cc1cc(NS(=O)(=O)c2ccc(NC(=O)CCSc3nc(CC(C)C)ccc3C#N)cc2)no1. The second-order valence-electron chi connectivity index (χ2n) is 7.96. The van der Waals surface area contributed by atoms with Gasteiger partial charge in [0.05, 0.1) is 10.5 Å². The van der Waals surface area contributed by atoms with Gasteiger partial charge >= 0.3 is 0 Å². The van der Waals surface area contributed by atoms with Crippen LogP contribution in [-0.4, -0.2) is 30.2 Å². The summed E-state index contributed by atoms with van der Waals surface area (Å²) in [5.41, 5.74) is 1.88. The number of anilines is 2. The standard InChI is InChI=1S/C23H25N5O4S2/c1-15(2)12-19-5-4-17(14-24)23(26-19)33-11-10-22(29)25-18-6-8-20(9-7-18)34(30,31)28-21-13-16(3)32-27-21/h4-9,13,15H,10-12H2,1-3H3,(H,25,29)(H,27,28). The predicted octanol–water partition coefficient (Wildman–Crippen LogP) is 4.37. The molecular weight excluding hydrogens is 474 g/mol. The third kappa shape index (κ3) is 7.07. The smallest absolute Gasteiger partial charge is 0.263 e. The van der Waals surface area contributed by atoms with Gasteiger partial charge in [0.25, 0.3) is 10.0 Å². The van der Waals surface area contributed by atoms with Crippen molar-refractivity contribution in [1.29, 1.82) is 5.26 Å². The Balaban J connectivity index is 1.54. The van der Waals surface area contributed by atoms with Crippen LogP contribution in [0.2, 0.25) is 0 Å². The van der Waals surface area contributed by atoms with Crippen molar-refractivity contribution in [2.24, 2.45) is 5.92 Å². The number of aromatic nitrogens is 2. The van der Waals surface area contributed by atoms with Crippen LogP contribution in [0.4, 0.5) is 11.5 Å². The van der Waals surface area contributed by atoms with Crippen molar-refractivity contribution in [3.8, 4) is 6.07 Å². The van der Waals surface area contributed by atoms with Crippen molar-refractivity contribution >= 4 is 39.2 Å². The highest BCUT2D eigenvalue weighted by Crippen LogP contribution is 2.23. The van der Waals surface area contributed by atoms with E-state index in [0.717, 1.165) is 12.1 Å². The van der Waals surface area contributed by atoms with E-state index in [1.807, 2.05) is 6.07 Å². The highest BCUT2D eigenvalue weighted by molar-refractivity contribution is 7.99. The van der Waals surface area contributed by atoms with Gasteiger partial charge in [0.1, 0.15) is 16.9 Å². The molecule has 178 valence electrons. The Morgan fingerprint density at radius 1 is 1.21 bits per heavy atom. The summed E-state index contributed by atoms with van der Waals surface area (Å²) in [7, 11) is -3.83. The number of amides is 1. The molecule has 3 aromatic rings. The van der Waals surface area contributed by atoms with E-state index in [1.165, 1.54) is 42.1 Å². The van der Waals surface area contributed by atoms with E-state index in [2.05, 4.69) is 40.1 Å². The van der Waals surface area contributed by atoms with E-state index in [-0.39, 0.29) is 23.0 Å². The van der Waals surface area contributed by atoms with Gasteiger partial charge in [0, 0.05) is 29.6 Å². The molecule has 11 heteroatoms. The number of nitrogens with one attached hydrogen (secondary N) is 2. The van der Waals surface area contributed by atoms with Crippen molar-refractivity contribution in [3.05, 3.63) is 59.5 Å². The van der Waals surface area contributed by atoms with Crippen molar-refractivity contribution in [2.75, 3.05) is 15.8 Å². The number of sulfonamides is 1. The van der Waals surface area contributed by atoms with Crippen LogP contribution >= 0.6 is 11.8 Å². The molecule has 0 saturated heterocycles. The normalized spacial score (nSPS) is 11.3. The van der Waals surface area contributed by atoms with Crippen molar-refractivity contribution in [3.63, 3.8) is 0 Å². The maximum Gasteiger partial charge on any atom is 0.263 e. The van der Waals surface area contributed by atoms with Gasteiger partial charge in [0.2, 0.25) is 5.91 Å². The first-order valence-corrected chi connectivity index (χ1v) is 13.0. The van der Waals surface area contributed by atoms with Crippen LogP contribution in [0.25, 0.3) is 0 Å². The van der Waals surface area contributed by atoms with E-state index in [4.69, 9.17) is 4.52 Å². The number of carbonyl (C=O) groups is 1. The molecule has 2 heterocycles. The van der Waals surface area contributed by atoms with Crippen LogP contribution < -0.4 is 10.0 Å². The van der Waals surface area contributed by atoms with Gasteiger partial charge in [-0.1, -0.05) is 19.0 Å². The molecule has 34 heavy (non-hydrogen) atoms. The Labute approximate surface area is 203 Å². The lowest BCUT2D eigenvalue weighted by molar-refractivity contribution is -0.115. The molecule has 0 unspecified atom stereocenters. The first-order valence-electron chi connectivity index (χ1n) is 10.5. The fourth-order valence-corrected chi connectivity index (χ4v) is 4.91. The molecule has 0 radical (unpaired) electrons. The Hall–Kier alpha value is -3.36. The zero-order chi connectivity index (χ0) is 24.7. The van der Waals surface area contributed by atoms with E-state index in [9.17, 15) is 18.5 Å². The van der Waals surface area contributed by atoms with E-state index in [0.29, 0.717) is 33.7 Å². The van der Waals surface area contributed by atoms with Gasteiger partial charge in [-0.3, -0.25) is 9.52 Å². The molecule has 3 rings (SSSR count). The summed E-state index contributed by atoms with van der Waals surface area (Å²) < 4.78 is 32.1. The Bertz CT molecular complexity index is 1300. The molecule has 0 aliphatic carbocycles. The predicted molar refractivity (Wildman–Crippen MR) is 130 cm³/mol. The fourth-order valence-electron chi connectivity index (χ4n) is 3.00. The Morgan fingerprint density at radius 2 is 1.94 bits per heavy atom. The van der Waals surface area contributed by atoms with Gasteiger partial charge in [-0.2, -0.15) is 5.26 Å². The summed E-state index contributed by atoms with van der Waals surface area (Å²) >= 11 is 1.36. The topological polar surface area (TPSA) is 138 Å². The lowest BCUT2D eigenvalue weighted by atomic mass is 10.1. The van der Waals surface area contributed by atoms with E-state index < -0.39 is 10.0 Å². The third-order valence-corrected chi connectivity index (χ3v) is 6.90. The number of carbonyl (C=O) groups excluding carboxylic acids is 1. The van der Waals surface area contributed by atoms with Crippen molar-refractivity contribution in [2.45, 2.75) is 43.5 Å². The largest absolute Gasteiger partial charge is 0.360 e. The van der Waals surface area contributed by atoms with Crippen molar-refractivity contribution in [1.82, 2.24) is 10.1 Å². The van der Waals surface area contributed by atoms with E-state index in [1.54, 1.807) is 13.0 Å². The molecule has 2 aromatic heterocycles. The molecule has 0 aliphatic heterocycles. The number of nitriles is 1. The molecule has 0 saturated carbocycles. The Kier molecular flexibility index (Phi) is 8.31. The summed E-state index contributed by atoms with van der Waals surface area (Å²) in [4.78, 5) is 16.9. The molecule has 0 atom stereocenters. The highest BCUT2D eigenvalue weighted by Gasteiger charge is 2.16. The summed E-state index contributed by atoms with van der Waals surface area (Å²) in [6, 6.07) is 13.0. The number of hydrogen-bond acceptors (Lipinski definition) is 8. The number of pyridine rings is 1. The Morgan fingerprint density at radius 3 is 2.56 bits per heavy atom. The van der Waals surface area contributed by atoms with Crippen LogP contribution in [0, 0.1) is 24.2 Å². The van der Waals surface area contributed by atoms with E-state index >= 15 is 0 Å². The number of rotatable bonds is 10. The molecule has 0 aliphatic rings. The minimum Gasteiger partial charge on any atom is -0.360 e. The van der Waals surface area contributed by atoms with Gasteiger partial charge < -0.3 is 9.84 Å². The number of nitrogens with zero attached hydrogens (tertiary/aromatic N) is 3. The summed E-state index contributed by atoms with van der Waals surface area (Å²) in [6.07, 6.45) is 1.03. The quantitative estimate of drug-likeness (QED) is 0.392. The number of benzene rings is 1. The summed E-state index contributed by atoms with van der Waals surface area (Å²) in [6.45, 7) is 5.86. The maximum atomic E-state index is 12.4. The summed E-state index contributed by atoms with van der Waals surface area (Å²) in [5, 5.41) is 16.3. The molecule has 0 spiro atoms. The van der Waals surface area contributed by atoms with Crippen LogP contribution in [0.3, 0.4) is 0 Å². The third-order valence-electron chi connectivity index (χ3n) is 4.54. The van der Waals surface area contributed by atoms with Gasteiger partial charge in [-0.15, -0.1) is 11.8 Å². The number of aryl methyl sites for hydroxylation is 1. The zero-order valence-electron chi connectivity index (χ0n) is 19.0. The first-order chi connectivity index (χ1) is 16.2. The fraction of sp³-hybridized carbons (Fsp3) is 0.304. The average Bonchev–Trinajstić information content (AvgIpc) is 3.17. The monoisotopic (exact) mass is 499 g/mol. The highest BCUT2D eigenvalue weighted by atomic mass is 32.2. The second-order valence-corrected chi connectivity index (χ2v) is 10.7. The molecule has 2 N–H and O–H groups in total.